The Hall–Kier alpha value is -4.26. The summed E-state index contributed by atoms with van der Waals surface area (Å²) in [6.45, 7) is 0. The van der Waals surface area contributed by atoms with Crippen molar-refractivity contribution in [3.8, 4) is 11.5 Å². The van der Waals surface area contributed by atoms with Crippen LogP contribution in [-0.2, 0) is 4.79 Å². The van der Waals surface area contributed by atoms with Crippen LogP contribution in [0, 0.1) is 0 Å². The molecule has 34 heavy (non-hydrogen) atoms. The number of carbonyl (C=O) groups is 2. The van der Waals surface area contributed by atoms with E-state index in [0.29, 0.717) is 28.3 Å². The maximum absolute atomic E-state index is 13.8. The number of aromatic amines is 1. The molecule has 3 aromatic carbocycles. The fourth-order valence-corrected chi connectivity index (χ4v) is 4.82. The van der Waals surface area contributed by atoms with Gasteiger partial charge in [0, 0.05) is 47.0 Å². The smallest absolute Gasteiger partial charge is 0.254 e. The van der Waals surface area contributed by atoms with E-state index in [9.17, 15) is 9.59 Å². The van der Waals surface area contributed by atoms with Crippen LogP contribution in [0.3, 0.4) is 0 Å². The van der Waals surface area contributed by atoms with Crippen LogP contribution in [0.25, 0.3) is 10.9 Å². The fraction of sp³-hybridized carbons (Fsp3) is 0.185. The first kappa shape index (κ1) is 21.6. The number of nitrogens with one attached hydrogen (secondary N) is 2. The van der Waals surface area contributed by atoms with Crippen LogP contribution < -0.4 is 14.8 Å². The number of fused-ring (bicyclic) bond motifs is 2. The monoisotopic (exact) mass is 455 g/mol. The zero-order valence-electron chi connectivity index (χ0n) is 19.2. The predicted octanol–water partition coefficient (Wildman–Crippen LogP) is 4.73. The van der Waals surface area contributed by atoms with Crippen molar-refractivity contribution < 1.29 is 19.1 Å². The van der Waals surface area contributed by atoms with Gasteiger partial charge in [-0.1, -0.05) is 36.4 Å². The molecule has 7 nitrogen and oxygen atoms in total. The number of rotatable bonds is 5. The molecule has 0 radical (unpaired) electrons. The number of hydrogen-bond acceptors (Lipinski definition) is 4. The van der Waals surface area contributed by atoms with Crippen LogP contribution in [0.5, 0.6) is 11.5 Å². The van der Waals surface area contributed by atoms with Crippen LogP contribution in [-0.4, -0.2) is 43.0 Å². The topological polar surface area (TPSA) is 83.7 Å². The maximum atomic E-state index is 13.8. The van der Waals surface area contributed by atoms with Crippen molar-refractivity contribution >= 4 is 28.4 Å². The number of anilines is 1. The Bertz CT molecular complexity index is 1390. The van der Waals surface area contributed by atoms with E-state index in [0.717, 1.165) is 16.5 Å². The molecule has 0 bridgehead atoms. The summed E-state index contributed by atoms with van der Waals surface area (Å²) in [6.07, 6.45) is 1.89. The molecule has 1 aromatic heterocycles. The molecule has 0 saturated carbocycles. The number of carbonyl (C=O) groups excluding carboxylic acids is 2. The molecule has 0 fully saturated rings. The van der Waals surface area contributed by atoms with E-state index in [1.165, 1.54) is 0 Å². The number of hydrogen-bond donors (Lipinski definition) is 2. The molecule has 2 N–H and O–H groups in total. The van der Waals surface area contributed by atoms with Crippen molar-refractivity contribution in [2.45, 2.75) is 12.0 Å². The molecular formula is C27H25N3O4. The molecule has 5 rings (SSSR count). The van der Waals surface area contributed by atoms with Gasteiger partial charge < -0.3 is 24.7 Å². The Morgan fingerprint density at radius 1 is 0.941 bits per heavy atom. The highest BCUT2D eigenvalue weighted by molar-refractivity contribution is 6.05. The second-order valence-corrected chi connectivity index (χ2v) is 8.27. The average molecular weight is 456 g/mol. The summed E-state index contributed by atoms with van der Waals surface area (Å²) in [7, 11) is 4.86. The molecule has 1 aliphatic rings. The third-order valence-corrected chi connectivity index (χ3v) is 6.45. The number of benzene rings is 3. The largest absolute Gasteiger partial charge is 0.493 e. The molecule has 2 heterocycles. The SMILES string of the molecule is COc1ccc(NC(=O)[C@H]2c3ccccc3C(=O)N(C)[C@@H]2c2c[nH]c3ccccc23)cc1OC. The van der Waals surface area contributed by atoms with E-state index in [2.05, 4.69) is 10.3 Å². The molecule has 0 aliphatic carbocycles. The molecule has 2 amide bonds. The van der Waals surface area contributed by atoms with Crippen molar-refractivity contribution in [1.82, 2.24) is 9.88 Å². The van der Waals surface area contributed by atoms with Gasteiger partial charge in [-0.2, -0.15) is 0 Å². The second-order valence-electron chi connectivity index (χ2n) is 8.27. The highest BCUT2D eigenvalue weighted by atomic mass is 16.5. The minimum Gasteiger partial charge on any atom is -0.493 e. The van der Waals surface area contributed by atoms with Gasteiger partial charge >= 0.3 is 0 Å². The summed E-state index contributed by atoms with van der Waals surface area (Å²) in [5.74, 6) is 0.150. The van der Waals surface area contributed by atoms with Gasteiger partial charge in [0.2, 0.25) is 5.91 Å². The molecule has 1 aliphatic heterocycles. The molecule has 0 saturated heterocycles. The van der Waals surface area contributed by atoms with E-state index in [1.54, 1.807) is 50.4 Å². The highest BCUT2D eigenvalue weighted by Gasteiger charge is 2.43. The zero-order chi connectivity index (χ0) is 23.8. The number of methoxy groups -OCH3 is 2. The summed E-state index contributed by atoms with van der Waals surface area (Å²) >= 11 is 0. The summed E-state index contributed by atoms with van der Waals surface area (Å²) < 4.78 is 10.7. The number of amides is 2. The number of aromatic nitrogens is 1. The Morgan fingerprint density at radius 2 is 1.68 bits per heavy atom. The van der Waals surface area contributed by atoms with Crippen LogP contribution in [0.4, 0.5) is 5.69 Å². The Labute approximate surface area is 197 Å². The quantitative estimate of drug-likeness (QED) is 0.456. The number of ether oxygens (including phenoxy) is 2. The molecular weight excluding hydrogens is 430 g/mol. The number of nitrogens with zero attached hydrogens (tertiary/aromatic N) is 1. The van der Waals surface area contributed by atoms with Crippen LogP contribution in [0.2, 0.25) is 0 Å². The van der Waals surface area contributed by atoms with Gasteiger partial charge in [0.25, 0.3) is 5.91 Å². The zero-order valence-corrected chi connectivity index (χ0v) is 19.2. The first-order valence-electron chi connectivity index (χ1n) is 11.0. The lowest BCUT2D eigenvalue weighted by molar-refractivity contribution is -0.119. The molecule has 172 valence electrons. The van der Waals surface area contributed by atoms with Gasteiger partial charge in [-0.15, -0.1) is 0 Å². The molecule has 4 aromatic rings. The van der Waals surface area contributed by atoms with Gasteiger partial charge in [-0.05, 0) is 29.8 Å². The standard InChI is InChI=1S/C27H25N3O4/c1-30-25(20-15-28-21-11-7-6-8-17(20)21)24(18-9-4-5-10-19(18)27(30)32)26(31)29-16-12-13-22(33-2)23(14-16)34-3/h4-15,24-25,28H,1-3H3,(H,29,31)/t24-,25+/m0/s1. The lowest BCUT2D eigenvalue weighted by Gasteiger charge is -2.39. The van der Waals surface area contributed by atoms with Gasteiger partial charge in [-0.25, -0.2) is 0 Å². The van der Waals surface area contributed by atoms with E-state index in [1.807, 2.05) is 48.7 Å². The average Bonchev–Trinajstić information content (AvgIpc) is 3.29. The first-order chi connectivity index (χ1) is 16.5. The molecule has 2 atom stereocenters. The Kier molecular flexibility index (Phi) is 5.45. The Balaban J connectivity index is 1.61. The Morgan fingerprint density at radius 3 is 2.47 bits per heavy atom. The predicted molar refractivity (Wildman–Crippen MR) is 130 cm³/mol. The summed E-state index contributed by atoms with van der Waals surface area (Å²) in [5.41, 5.74) is 3.68. The van der Waals surface area contributed by atoms with Crippen LogP contribution >= 0.6 is 0 Å². The summed E-state index contributed by atoms with van der Waals surface area (Å²) in [5, 5.41) is 4.01. The number of H-pyrrole nitrogens is 1. The normalized spacial score (nSPS) is 17.4. The maximum Gasteiger partial charge on any atom is 0.254 e. The third-order valence-electron chi connectivity index (χ3n) is 6.45. The number of para-hydroxylation sites is 1. The molecule has 0 spiro atoms. The van der Waals surface area contributed by atoms with E-state index in [-0.39, 0.29) is 11.8 Å². The van der Waals surface area contributed by atoms with Crippen LogP contribution in [0.1, 0.15) is 33.4 Å². The first-order valence-corrected chi connectivity index (χ1v) is 11.0. The minimum atomic E-state index is -0.619. The molecule has 0 unspecified atom stereocenters. The lowest BCUT2D eigenvalue weighted by Crippen LogP contribution is -2.44. The van der Waals surface area contributed by atoms with Crippen molar-refractivity contribution in [3.63, 3.8) is 0 Å². The van der Waals surface area contributed by atoms with E-state index in [4.69, 9.17) is 9.47 Å². The van der Waals surface area contributed by atoms with Gasteiger partial charge in [-0.3, -0.25) is 9.59 Å². The third kappa shape index (κ3) is 3.46. The van der Waals surface area contributed by atoms with Crippen LogP contribution in [0.15, 0.2) is 72.9 Å². The van der Waals surface area contributed by atoms with Gasteiger partial charge in [0.15, 0.2) is 11.5 Å². The summed E-state index contributed by atoms with van der Waals surface area (Å²) in [6, 6.07) is 20.0. The minimum absolute atomic E-state index is 0.110. The lowest BCUT2D eigenvalue weighted by atomic mass is 9.79. The van der Waals surface area contributed by atoms with Gasteiger partial charge in [0.1, 0.15) is 0 Å². The van der Waals surface area contributed by atoms with Crippen molar-refractivity contribution in [2.75, 3.05) is 26.6 Å². The highest BCUT2D eigenvalue weighted by Crippen LogP contribution is 2.44. The fourth-order valence-electron chi connectivity index (χ4n) is 4.82. The summed E-state index contributed by atoms with van der Waals surface area (Å²) in [4.78, 5) is 32.1. The number of likely N-dealkylation sites (N-methyl/N-ethyl adjacent to an activating group) is 1. The second kappa shape index (κ2) is 8.59. The van der Waals surface area contributed by atoms with Crippen molar-refractivity contribution in [2.24, 2.45) is 0 Å². The molecule has 7 heteroatoms. The van der Waals surface area contributed by atoms with E-state index < -0.39 is 12.0 Å². The van der Waals surface area contributed by atoms with Crippen molar-refractivity contribution in [3.05, 3.63) is 89.6 Å². The van der Waals surface area contributed by atoms with E-state index >= 15 is 0 Å². The van der Waals surface area contributed by atoms with Crippen molar-refractivity contribution in [1.29, 1.82) is 0 Å². The van der Waals surface area contributed by atoms with Gasteiger partial charge in [0.05, 0.1) is 26.2 Å².